The van der Waals surface area contributed by atoms with Crippen molar-refractivity contribution >= 4 is 11.6 Å². The van der Waals surface area contributed by atoms with Gasteiger partial charge in [0.15, 0.2) is 0 Å². The minimum atomic E-state index is -0.0344. The fourth-order valence-electron chi connectivity index (χ4n) is 1.69. The second kappa shape index (κ2) is 7.41. The van der Waals surface area contributed by atoms with Crippen molar-refractivity contribution in [3.63, 3.8) is 0 Å². The molecule has 1 rings (SSSR count). The summed E-state index contributed by atoms with van der Waals surface area (Å²) in [5.74, 6) is 6.31. The predicted molar refractivity (Wildman–Crippen MR) is 76.7 cm³/mol. The van der Waals surface area contributed by atoms with Crippen LogP contribution in [0.25, 0.3) is 0 Å². The molecule has 1 aromatic carbocycles. The molecule has 0 radical (unpaired) electrons. The fourth-order valence-corrected chi connectivity index (χ4v) is 1.87. The lowest BCUT2D eigenvalue weighted by atomic mass is 10.0. The summed E-state index contributed by atoms with van der Waals surface area (Å²) < 4.78 is 5.82. The molecule has 18 heavy (non-hydrogen) atoms. The van der Waals surface area contributed by atoms with Crippen molar-refractivity contribution in [3.8, 4) is 5.75 Å². The van der Waals surface area contributed by atoms with Gasteiger partial charge in [-0.1, -0.05) is 23.2 Å². The van der Waals surface area contributed by atoms with Crippen LogP contribution in [-0.4, -0.2) is 12.1 Å². The van der Waals surface area contributed by atoms with Crippen molar-refractivity contribution in [3.05, 3.63) is 41.4 Å². The largest absolute Gasteiger partial charge is 0.489 e. The average Bonchev–Trinajstić information content (AvgIpc) is 2.29. The molecule has 1 aromatic rings. The van der Waals surface area contributed by atoms with Gasteiger partial charge in [-0.25, -0.2) is 0 Å². The molecule has 3 nitrogen and oxygen atoms in total. The number of hydrazine groups is 1. The lowest BCUT2D eigenvalue weighted by Crippen LogP contribution is -2.45. The Morgan fingerprint density at radius 3 is 2.83 bits per heavy atom. The Hall–Kier alpha value is -1.03. The van der Waals surface area contributed by atoms with Crippen molar-refractivity contribution in [2.45, 2.75) is 38.8 Å². The molecule has 0 fully saturated rings. The van der Waals surface area contributed by atoms with Gasteiger partial charge in [0.25, 0.3) is 0 Å². The molecule has 0 aliphatic heterocycles. The Balaban J connectivity index is 2.56. The number of nitrogens with two attached hydrogens (primary N) is 1. The average molecular weight is 269 g/mol. The highest BCUT2D eigenvalue weighted by atomic mass is 35.5. The van der Waals surface area contributed by atoms with Gasteiger partial charge in [-0.3, -0.25) is 11.3 Å². The monoisotopic (exact) mass is 268 g/mol. The zero-order valence-electron chi connectivity index (χ0n) is 10.9. The maximum absolute atomic E-state index is 5.91. The van der Waals surface area contributed by atoms with Crippen LogP contribution >= 0.6 is 11.6 Å². The van der Waals surface area contributed by atoms with E-state index < -0.39 is 0 Å². The first kappa shape index (κ1) is 15.0. The van der Waals surface area contributed by atoms with E-state index in [0.717, 1.165) is 24.2 Å². The molecule has 100 valence electrons. The second-order valence-electron chi connectivity index (χ2n) is 4.55. The highest BCUT2D eigenvalue weighted by Gasteiger charge is 2.17. The smallest absolute Gasteiger partial charge is 0.121 e. The van der Waals surface area contributed by atoms with Gasteiger partial charge >= 0.3 is 0 Å². The van der Waals surface area contributed by atoms with E-state index in [-0.39, 0.29) is 12.1 Å². The molecule has 3 N–H and O–H groups in total. The SMILES string of the molecule is C=C(C)CCC(NN)C(C)Oc1cccc(Cl)c1. The standard InChI is InChI=1S/C14H21ClN2O/c1-10(2)7-8-14(17-16)11(3)18-13-6-4-5-12(15)9-13/h4-6,9,11,14,17H,1,7-8,16H2,2-3H3. The molecule has 2 atom stereocenters. The first-order valence-electron chi connectivity index (χ1n) is 6.05. The van der Waals surface area contributed by atoms with E-state index in [4.69, 9.17) is 22.2 Å². The van der Waals surface area contributed by atoms with Crippen molar-refractivity contribution in [1.82, 2.24) is 5.43 Å². The third kappa shape index (κ3) is 5.08. The molecule has 0 saturated carbocycles. The Bertz CT molecular complexity index is 395. The Labute approximate surface area is 114 Å². The quantitative estimate of drug-likeness (QED) is 0.453. The summed E-state index contributed by atoms with van der Waals surface area (Å²) >= 11 is 5.91. The zero-order chi connectivity index (χ0) is 13.5. The Kier molecular flexibility index (Phi) is 6.19. The zero-order valence-corrected chi connectivity index (χ0v) is 11.7. The van der Waals surface area contributed by atoms with E-state index in [9.17, 15) is 0 Å². The molecule has 0 aliphatic carbocycles. The third-order valence-electron chi connectivity index (χ3n) is 2.78. The van der Waals surface area contributed by atoms with Gasteiger partial charge in [0.1, 0.15) is 11.9 Å². The van der Waals surface area contributed by atoms with Crippen LogP contribution in [-0.2, 0) is 0 Å². The van der Waals surface area contributed by atoms with E-state index >= 15 is 0 Å². The first-order valence-corrected chi connectivity index (χ1v) is 6.43. The van der Waals surface area contributed by atoms with Crippen LogP contribution in [0.15, 0.2) is 36.4 Å². The van der Waals surface area contributed by atoms with Crippen LogP contribution in [0.4, 0.5) is 0 Å². The number of halogens is 1. The summed E-state index contributed by atoms with van der Waals surface area (Å²) in [6, 6.07) is 7.45. The lowest BCUT2D eigenvalue weighted by Gasteiger charge is -2.24. The molecule has 0 amide bonds. The van der Waals surface area contributed by atoms with Crippen LogP contribution in [0.1, 0.15) is 26.7 Å². The third-order valence-corrected chi connectivity index (χ3v) is 3.02. The molecular formula is C14H21ClN2O. The van der Waals surface area contributed by atoms with E-state index in [1.165, 1.54) is 0 Å². The molecule has 4 heteroatoms. The van der Waals surface area contributed by atoms with E-state index in [1.807, 2.05) is 32.0 Å². The van der Waals surface area contributed by atoms with Crippen LogP contribution in [0, 0.1) is 0 Å². The fraction of sp³-hybridized carbons (Fsp3) is 0.429. The number of rotatable bonds is 7. The summed E-state index contributed by atoms with van der Waals surface area (Å²) in [5, 5.41) is 0.666. The number of hydrogen-bond acceptors (Lipinski definition) is 3. The lowest BCUT2D eigenvalue weighted by molar-refractivity contribution is 0.165. The molecular weight excluding hydrogens is 248 g/mol. The van der Waals surface area contributed by atoms with Gasteiger partial charge in [0, 0.05) is 5.02 Å². The Morgan fingerprint density at radius 2 is 2.28 bits per heavy atom. The van der Waals surface area contributed by atoms with Crippen molar-refractivity contribution in [1.29, 1.82) is 0 Å². The van der Waals surface area contributed by atoms with Gasteiger partial charge in [0.2, 0.25) is 0 Å². The molecule has 0 bridgehead atoms. The minimum Gasteiger partial charge on any atom is -0.489 e. The van der Waals surface area contributed by atoms with Gasteiger partial charge in [-0.05, 0) is 44.9 Å². The van der Waals surface area contributed by atoms with E-state index in [1.54, 1.807) is 6.07 Å². The van der Waals surface area contributed by atoms with Crippen molar-refractivity contribution in [2.75, 3.05) is 0 Å². The summed E-state index contributed by atoms with van der Waals surface area (Å²) in [4.78, 5) is 0. The highest BCUT2D eigenvalue weighted by molar-refractivity contribution is 6.30. The van der Waals surface area contributed by atoms with Crippen LogP contribution in [0.3, 0.4) is 0 Å². The minimum absolute atomic E-state index is 0.0344. The first-order chi connectivity index (χ1) is 8.52. The van der Waals surface area contributed by atoms with Crippen LogP contribution in [0.5, 0.6) is 5.75 Å². The number of nitrogens with one attached hydrogen (secondary N) is 1. The van der Waals surface area contributed by atoms with Gasteiger partial charge in [0.05, 0.1) is 6.04 Å². The van der Waals surface area contributed by atoms with Gasteiger partial charge in [-0.2, -0.15) is 0 Å². The van der Waals surface area contributed by atoms with Gasteiger partial charge in [-0.15, -0.1) is 6.58 Å². The summed E-state index contributed by atoms with van der Waals surface area (Å²) in [6.45, 7) is 7.89. The van der Waals surface area contributed by atoms with Gasteiger partial charge < -0.3 is 4.74 Å². The molecule has 0 aliphatic rings. The van der Waals surface area contributed by atoms with Crippen LogP contribution in [0.2, 0.25) is 5.02 Å². The molecule has 0 saturated heterocycles. The molecule has 0 heterocycles. The topological polar surface area (TPSA) is 47.3 Å². The highest BCUT2D eigenvalue weighted by Crippen LogP contribution is 2.20. The Morgan fingerprint density at radius 1 is 1.56 bits per heavy atom. The normalized spacial score (nSPS) is 14.0. The van der Waals surface area contributed by atoms with E-state index in [0.29, 0.717) is 5.02 Å². The second-order valence-corrected chi connectivity index (χ2v) is 4.99. The number of ether oxygens (including phenoxy) is 1. The summed E-state index contributed by atoms with van der Waals surface area (Å²) in [5.41, 5.74) is 3.94. The van der Waals surface area contributed by atoms with E-state index in [2.05, 4.69) is 12.0 Å². The van der Waals surface area contributed by atoms with Crippen molar-refractivity contribution < 1.29 is 4.74 Å². The number of allylic oxidation sites excluding steroid dienone is 1. The summed E-state index contributed by atoms with van der Waals surface area (Å²) in [6.07, 6.45) is 1.79. The van der Waals surface area contributed by atoms with Crippen LogP contribution < -0.4 is 16.0 Å². The molecule has 0 aromatic heterocycles. The molecule has 0 spiro atoms. The maximum atomic E-state index is 5.91. The number of benzene rings is 1. The molecule has 2 unspecified atom stereocenters. The van der Waals surface area contributed by atoms with Crippen molar-refractivity contribution in [2.24, 2.45) is 5.84 Å². The number of hydrogen-bond donors (Lipinski definition) is 2. The maximum Gasteiger partial charge on any atom is 0.121 e. The predicted octanol–water partition coefficient (Wildman–Crippen LogP) is 3.30. The summed E-state index contributed by atoms with van der Waals surface area (Å²) in [7, 11) is 0.